The molecule has 1 aromatic carbocycles. The lowest BCUT2D eigenvalue weighted by molar-refractivity contribution is 0.866. The molecule has 3 aromatic rings. The van der Waals surface area contributed by atoms with Crippen LogP contribution in [0.2, 0.25) is 0 Å². The van der Waals surface area contributed by atoms with E-state index in [9.17, 15) is 0 Å². The third kappa shape index (κ3) is 1.78. The number of nitrogens with zero attached hydrogens (tertiary/aromatic N) is 3. The predicted molar refractivity (Wildman–Crippen MR) is 68.4 cm³/mol. The molecule has 0 amide bonds. The van der Waals surface area contributed by atoms with Gasteiger partial charge in [-0.2, -0.15) is 5.10 Å². The van der Waals surface area contributed by atoms with Crippen molar-refractivity contribution in [2.75, 3.05) is 0 Å². The summed E-state index contributed by atoms with van der Waals surface area (Å²) in [5.41, 5.74) is 1.90. The molecule has 17 heavy (non-hydrogen) atoms. The van der Waals surface area contributed by atoms with Crippen molar-refractivity contribution >= 4 is 22.5 Å². The fourth-order valence-corrected chi connectivity index (χ4v) is 1.96. The molecular formula is C13H10ClN3. The molecular weight excluding hydrogens is 234 g/mol. The van der Waals surface area contributed by atoms with Gasteiger partial charge in [0.15, 0.2) is 5.82 Å². The van der Waals surface area contributed by atoms with E-state index in [1.54, 1.807) is 0 Å². The lowest BCUT2D eigenvalue weighted by atomic mass is 10.2. The van der Waals surface area contributed by atoms with Gasteiger partial charge in [0.05, 0.1) is 23.3 Å². The zero-order chi connectivity index (χ0) is 11.7. The number of rotatable bonds is 2. The van der Waals surface area contributed by atoms with Crippen molar-refractivity contribution in [2.45, 2.75) is 5.88 Å². The van der Waals surface area contributed by atoms with Crippen molar-refractivity contribution in [1.29, 1.82) is 0 Å². The molecule has 0 saturated carbocycles. The van der Waals surface area contributed by atoms with Gasteiger partial charge in [0.25, 0.3) is 0 Å². The third-order valence-electron chi connectivity index (χ3n) is 2.62. The Morgan fingerprint density at radius 1 is 1.06 bits per heavy atom. The van der Waals surface area contributed by atoms with E-state index >= 15 is 0 Å². The first kappa shape index (κ1) is 10.3. The lowest BCUT2D eigenvalue weighted by Gasteiger charge is -2.03. The Morgan fingerprint density at radius 3 is 2.82 bits per heavy atom. The van der Waals surface area contributed by atoms with E-state index in [0.717, 1.165) is 22.4 Å². The number of halogens is 1. The molecule has 3 nitrogen and oxygen atoms in total. The smallest absolute Gasteiger partial charge is 0.154 e. The van der Waals surface area contributed by atoms with Crippen LogP contribution in [0.15, 0.2) is 48.7 Å². The molecule has 0 aliphatic heterocycles. The molecule has 0 saturated heterocycles. The molecule has 0 spiro atoms. The molecule has 2 aromatic heterocycles. The topological polar surface area (TPSA) is 30.7 Å². The molecule has 0 bridgehead atoms. The van der Waals surface area contributed by atoms with Gasteiger partial charge in [0.2, 0.25) is 0 Å². The van der Waals surface area contributed by atoms with E-state index in [4.69, 9.17) is 11.6 Å². The zero-order valence-corrected chi connectivity index (χ0v) is 9.80. The number of para-hydroxylation sites is 1. The standard InChI is InChI=1S/C13H10ClN3/c14-8-11-5-3-7-13(16-11)17-12-6-2-1-4-10(12)9-15-17/h1-7,9H,8H2. The molecule has 0 atom stereocenters. The van der Waals surface area contributed by atoms with Crippen LogP contribution in [-0.2, 0) is 5.88 Å². The molecule has 0 unspecified atom stereocenters. The SMILES string of the molecule is ClCc1cccc(-n2ncc3ccccc32)n1. The maximum Gasteiger partial charge on any atom is 0.154 e. The van der Waals surface area contributed by atoms with Crippen LogP contribution in [0.4, 0.5) is 0 Å². The molecule has 0 radical (unpaired) electrons. The maximum absolute atomic E-state index is 5.79. The summed E-state index contributed by atoms with van der Waals surface area (Å²) in [4.78, 5) is 4.45. The Kier molecular flexibility index (Phi) is 2.53. The Balaban J connectivity index is 2.20. The number of fused-ring (bicyclic) bond motifs is 1. The summed E-state index contributed by atoms with van der Waals surface area (Å²) < 4.78 is 1.82. The van der Waals surface area contributed by atoms with Crippen LogP contribution in [0.3, 0.4) is 0 Å². The van der Waals surface area contributed by atoms with Gasteiger partial charge in [-0.15, -0.1) is 11.6 Å². The van der Waals surface area contributed by atoms with Crippen molar-refractivity contribution in [2.24, 2.45) is 0 Å². The summed E-state index contributed by atoms with van der Waals surface area (Å²) in [5.74, 6) is 1.21. The second-order valence-electron chi connectivity index (χ2n) is 3.74. The third-order valence-corrected chi connectivity index (χ3v) is 2.90. The molecule has 2 heterocycles. The van der Waals surface area contributed by atoms with Crippen molar-refractivity contribution < 1.29 is 0 Å². The highest BCUT2D eigenvalue weighted by Gasteiger charge is 2.05. The molecule has 3 rings (SSSR count). The van der Waals surface area contributed by atoms with Gasteiger partial charge in [0.1, 0.15) is 0 Å². The summed E-state index contributed by atoms with van der Waals surface area (Å²) in [5, 5.41) is 5.45. The minimum Gasteiger partial charge on any atom is -0.232 e. The van der Waals surface area contributed by atoms with Crippen LogP contribution in [-0.4, -0.2) is 14.8 Å². The van der Waals surface area contributed by atoms with Crippen molar-refractivity contribution in [3.05, 3.63) is 54.4 Å². The van der Waals surface area contributed by atoms with E-state index in [2.05, 4.69) is 10.1 Å². The highest BCUT2D eigenvalue weighted by atomic mass is 35.5. The van der Waals surface area contributed by atoms with E-state index < -0.39 is 0 Å². The quantitative estimate of drug-likeness (QED) is 0.648. The Hall–Kier alpha value is -1.87. The fraction of sp³-hybridized carbons (Fsp3) is 0.0769. The highest BCUT2D eigenvalue weighted by molar-refractivity contribution is 6.16. The van der Waals surface area contributed by atoms with E-state index in [-0.39, 0.29) is 0 Å². The van der Waals surface area contributed by atoms with Crippen LogP contribution in [0.1, 0.15) is 5.69 Å². The molecule has 0 aliphatic carbocycles. The highest BCUT2D eigenvalue weighted by Crippen LogP contribution is 2.16. The second kappa shape index (κ2) is 4.18. The minimum absolute atomic E-state index is 0.410. The molecule has 84 valence electrons. The first-order valence-electron chi connectivity index (χ1n) is 5.33. The molecule has 4 heteroatoms. The van der Waals surface area contributed by atoms with Crippen LogP contribution >= 0.6 is 11.6 Å². The Labute approximate surface area is 104 Å². The molecule has 0 fully saturated rings. The average molecular weight is 244 g/mol. The molecule has 0 aliphatic rings. The first-order valence-corrected chi connectivity index (χ1v) is 5.87. The van der Waals surface area contributed by atoms with E-state index in [1.165, 1.54) is 0 Å². The summed E-state index contributed by atoms with van der Waals surface area (Å²) in [6.45, 7) is 0. The monoisotopic (exact) mass is 243 g/mol. The zero-order valence-electron chi connectivity index (χ0n) is 9.05. The van der Waals surface area contributed by atoms with Crippen LogP contribution in [0, 0.1) is 0 Å². The maximum atomic E-state index is 5.79. The summed E-state index contributed by atoms with van der Waals surface area (Å²) in [6.07, 6.45) is 1.84. The van der Waals surface area contributed by atoms with Crippen LogP contribution in [0.25, 0.3) is 16.7 Å². The van der Waals surface area contributed by atoms with Gasteiger partial charge in [-0.25, -0.2) is 9.67 Å². The number of pyridine rings is 1. The number of hydrogen-bond donors (Lipinski definition) is 0. The average Bonchev–Trinajstić information content (AvgIpc) is 2.82. The lowest BCUT2D eigenvalue weighted by Crippen LogP contribution is -2.00. The number of hydrogen-bond acceptors (Lipinski definition) is 2. The largest absolute Gasteiger partial charge is 0.232 e. The van der Waals surface area contributed by atoms with Gasteiger partial charge in [0, 0.05) is 5.39 Å². The van der Waals surface area contributed by atoms with Gasteiger partial charge in [-0.1, -0.05) is 24.3 Å². The number of aromatic nitrogens is 3. The number of alkyl halides is 1. The minimum atomic E-state index is 0.410. The summed E-state index contributed by atoms with van der Waals surface area (Å²) in [6, 6.07) is 13.8. The van der Waals surface area contributed by atoms with Crippen molar-refractivity contribution in [1.82, 2.24) is 14.8 Å². The van der Waals surface area contributed by atoms with Gasteiger partial charge >= 0.3 is 0 Å². The van der Waals surface area contributed by atoms with Crippen molar-refractivity contribution in [3.8, 4) is 5.82 Å². The van der Waals surface area contributed by atoms with E-state index in [1.807, 2.05) is 53.3 Å². The second-order valence-corrected chi connectivity index (χ2v) is 4.00. The van der Waals surface area contributed by atoms with E-state index in [0.29, 0.717) is 5.88 Å². The van der Waals surface area contributed by atoms with Gasteiger partial charge in [-0.05, 0) is 18.2 Å². The fourth-order valence-electron chi connectivity index (χ4n) is 1.81. The summed E-state index contributed by atoms with van der Waals surface area (Å²) in [7, 11) is 0. The summed E-state index contributed by atoms with van der Waals surface area (Å²) >= 11 is 5.79. The van der Waals surface area contributed by atoms with Crippen LogP contribution < -0.4 is 0 Å². The molecule has 0 N–H and O–H groups in total. The van der Waals surface area contributed by atoms with Crippen LogP contribution in [0.5, 0.6) is 0 Å². The Bertz CT molecular complexity index is 660. The van der Waals surface area contributed by atoms with Gasteiger partial charge < -0.3 is 0 Å². The Morgan fingerprint density at radius 2 is 1.94 bits per heavy atom. The number of benzene rings is 1. The normalized spacial score (nSPS) is 10.9. The predicted octanol–water partition coefficient (Wildman–Crippen LogP) is 3.16. The van der Waals surface area contributed by atoms with Gasteiger partial charge in [-0.3, -0.25) is 0 Å². The first-order chi connectivity index (χ1) is 8.38. The van der Waals surface area contributed by atoms with Crippen molar-refractivity contribution in [3.63, 3.8) is 0 Å².